The number of nitrogens with zero attached hydrogens (tertiary/aromatic N) is 1. The number of rotatable bonds is 6. The Morgan fingerprint density at radius 1 is 1.00 bits per heavy atom. The number of carbonyl (C=O) groups excluding carboxylic acids is 1. The van der Waals surface area contributed by atoms with Gasteiger partial charge in [-0.15, -0.1) is 0 Å². The summed E-state index contributed by atoms with van der Waals surface area (Å²) in [5.41, 5.74) is 4.17. The molecule has 0 spiro atoms. The van der Waals surface area contributed by atoms with Crippen molar-refractivity contribution in [2.45, 2.75) is 13.0 Å². The summed E-state index contributed by atoms with van der Waals surface area (Å²) >= 11 is 0. The average Bonchev–Trinajstić information content (AvgIpc) is 3.21. The first-order valence-electron chi connectivity index (χ1n) is 11.5. The first-order chi connectivity index (χ1) is 17.1. The molecule has 0 saturated carbocycles. The lowest BCUT2D eigenvalue weighted by atomic mass is 9.94. The molecule has 6 heteroatoms. The van der Waals surface area contributed by atoms with Crippen LogP contribution in [0.1, 0.15) is 33.5 Å². The molecule has 0 amide bonds. The van der Waals surface area contributed by atoms with Gasteiger partial charge in [-0.2, -0.15) is 0 Å². The normalized spacial score (nSPS) is 16.6. The summed E-state index contributed by atoms with van der Waals surface area (Å²) in [4.78, 5) is 15.7. The van der Waals surface area contributed by atoms with E-state index < -0.39 is 0 Å². The minimum absolute atomic E-state index is 0.168. The van der Waals surface area contributed by atoms with E-state index in [1.807, 2.05) is 6.07 Å². The first-order valence-corrected chi connectivity index (χ1v) is 11.5. The maximum absolute atomic E-state index is 13.3. The van der Waals surface area contributed by atoms with Gasteiger partial charge in [-0.3, -0.25) is 9.69 Å². The Morgan fingerprint density at radius 2 is 1.71 bits per heavy atom. The Bertz CT molecular complexity index is 1310. The number of hydrogen-bond acceptors (Lipinski definition) is 5. The molecule has 0 aromatic heterocycles. The van der Waals surface area contributed by atoms with Crippen LogP contribution in [0.25, 0.3) is 11.6 Å². The molecule has 0 N–H and O–H groups in total. The lowest BCUT2D eigenvalue weighted by Crippen LogP contribution is -2.28. The number of benzene rings is 3. The Hall–Kier alpha value is -3.90. The Labute approximate surface area is 204 Å². The molecule has 0 fully saturated rings. The van der Waals surface area contributed by atoms with E-state index in [0.717, 1.165) is 37.2 Å². The quantitative estimate of drug-likeness (QED) is 0.429. The highest BCUT2D eigenvalue weighted by Crippen LogP contribution is 2.49. The molecular weight excluding hydrogens is 445 g/mol. The maximum Gasteiger partial charge on any atom is 0.235 e. The second kappa shape index (κ2) is 9.76. The number of carbonyl (C=O) groups is 1. The van der Waals surface area contributed by atoms with Crippen molar-refractivity contribution < 1.29 is 23.4 Å². The van der Waals surface area contributed by atoms with Gasteiger partial charge in [-0.1, -0.05) is 48.5 Å². The number of ether oxygens (including phenoxy) is 3. The number of ketones is 1. The van der Waals surface area contributed by atoms with Crippen LogP contribution in [-0.4, -0.2) is 38.0 Å². The van der Waals surface area contributed by atoms with Crippen LogP contribution in [0.2, 0.25) is 0 Å². The molecule has 0 saturated heterocycles. The smallest absolute Gasteiger partial charge is 0.235 e. The molecular formula is C29H26FNO4. The van der Waals surface area contributed by atoms with Gasteiger partial charge in [-0.25, -0.2) is 4.39 Å². The van der Waals surface area contributed by atoms with Crippen molar-refractivity contribution in [1.82, 2.24) is 4.90 Å². The topological polar surface area (TPSA) is 48.0 Å². The fourth-order valence-electron chi connectivity index (χ4n) is 4.56. The van der Waals surface area contributed by atoms with E-state index in [1.165, 1.54) is 24.8 Å². The van der Waals surface area contributed by atoms with Gasteiger partial charge < -0.3 is 14.2 Å². The van der Waals surface area contributed by atoms with Gasteiger partial charge in [0.05, 0.1) is 19.8 Å². The number of allylic oxidation sites excluding steroid dienone is 1. The number of methoxy groups -OCH3 is 2. The van der Waals surface area contributed by atoms with E-state index in [1.54, 1.807) is 31.4 Å². The molecule has 3 aromatic rings. The van der Waals surface area contributed by atoms with Gasteiger partial charge in [0.2, 0.25) is 5.78 Å². The van der Waals surface area contributed by atoms with Crippen LogP contribution in [-0.2, 0) is 6.54 Å². The largest absolute Gasteiger partial charge is 0.496 e. The molecule has 178 valence electrons. The summed E-state index contributed by atoms with van der Waals surface area (Å²) in [6.07, 6.45) is 4.58. The third kappa shape index (κ3) is 4.57. The zero-order valence-corrected chi connectivity index (χ0v) is 19.7. The second-order valence-electron chi connectivity index (χ2n) is 8.55. The molecule has 3 aromatic carbocycles. The van der Waals surface area contributed by atoms with E-state index in [2.05, 4.69) is 35.2 Å². The van der Waals surface area contributed by atoms with Gasteiger partial charge in [0.25, 0.3) is 0 Å². The predicted molar refractivity (Wildman–Crippen MR) is 133 cm³/mol. The monoisotopic (exact) mass is 471 g/mol. The summed E-state index contributed by atoms with van der Waals surface area (Å²) in [7, 11) is 3.12. The molecule has 0 unspecified atom stereocenters. The van der Waals surface area contributed by atoms with Crippen LogP contribution in [0, 0.1) is 5.82 Å². The molecule has 0 bridgehead atoms. The van der Waals surface area contributed by atoms with Crippen molar-refractivity contribution in [1.29, 1.82) is 0 Å². The molecule has 5 nitrogen and oxygen atoms in total. The van der Waals surface area contributed by atoms with Crippen LogP contribution in [0.3, 0.4) is 0 Å². The van der Waals surface area contributed by atoms with Crippen LogP contribution < -0.4 is 14.2 Å². The van der Waals surface area contributed by atoms with Gasteiger partial charge in [0, 0.05) is 25.7 Å². The summed E-state index contributed by atoms with van der Waals surface area (Å²) in [5.74, 6) is 0.999. The highest BCUT2D eigenvalue weighted by atomic mass is 19.1. The lowest BCUT2D eigenvalue weighted by molar-refractivity contribution is 0.101. The molecule has 35 heavy (non-hydrogen) atoms. The highest BCUT2D eigenvalue weighted by Gasteiger charge is 2.36. The number of hydrogen-bond donors (Lipinski definition) is 0. The summed E-state index contributed by atoms with van der Waals surface area (Å²) in [5, 5.41) is 0. The van der Waals surface area contributed by atoms with Crippen LogP contribution in [0.4, 0.5) is 4.39 Å². The number of halogens is 1. The lowest BCUT2D eigenvalue weighted by Gasteiger charge is -2.27. The van der Waals surface area contributed by atoms with Crippen molar-refractivity contribution in [2.75, 3.05) is 27.3 Å². The van der Waals surface area contributed by atoms with Crippen LogP contribution in [0.15, 0.2) is 72.5 Å². The van der Waals surface area contributed by atoms with E-state index >= 15 is 0 Å². The van der Waals surface area contributed by atoms with E-state index in [9.17, 15) is 9.18 Å². The minimum atomic E-state index is -0.340. The van der Waals surface area contributed by atoms with Crippen molar-refractivity contribution in [3.63, 3.8) is 0 Å². The van der Waals surface area contributed by atoms with E-state index in [0.29, 0.717) is 28.4 Å². The first kappa shape index (κ1) is 22.9. The highest BCUT2D eigenvalue weighted by molar-refractivity contribution is 6.17. The zero-order chi connectivity index (χ0) is 24.4. The summed E-state index contributed by atoms with van der Waals surface area (Å²) in [6.45, 7) is 2.53. The standard InChI is InChI=1S/C29H26FNO4/c1-33-23-17-24(34-2)27-28(32)25(16-19-8-10-22(30)11-9-19)35-29(27)26(23)21-12-14-31(15-13-21)18-20-6-4-3-5-7-20/h3-12,16-17H,13-15,18H2,1-2H3/b25-16-. The predicted octanol–water partition coefficient (Wildman–Crippen LogP) is 5.75. The molecule has 5 rings (SSSR count). The van der Waals surface area contributed by atoms with Crippen molar-refractivity contribution in [2.24, 2.45) is 0 Å². The summed E-state index contributed by atoms with van der Waals surface area (Å²) in [6, 6.07) is 18.0. The Morgan fingerprint density at radius 3 is 2.37 bits per heavy atom. The van der Waals surface area contributed by atoms with Gasteiger partial charge in [0.15, 0.2) is 11.5 Å². The SMILES string of the molecule is COc1cc(OC)c(C2=CCN(Cc3ccccc3)CC2)c2c1C(=O)/C(=C/c1ccc(F)cc1)O2. The maximum atomic E-state index is 13.3. The van der Waals surface area contributed by atoms with Crippen molar-refractivity contribution in [3.8, 4) is 17.2 Å². The Balaban J connectivity index is 1.49. The van der Waals surface area contributed by atoms with Crippen molar-refractivity contribution >= 4 is 17.4 Å². The molecule has 2 heterocycles. The van der Waals surface area contributed by atoms with Crippen LogP contribution in [0.5, 0.6) is 17.2 Å². The van der Waals surface area contributed by atoms with Crippen LogP contribution >= 0.6 is 0 Å². The molecule has 0 aliphatic carbocycles. The van der Waals surface area contributed by atoms with Gasteiger partial charge in [0.1, 0.15) is 22.9 Å². The third-order valence-electron chi connectivity index (χ3n) is 6.34. The zero-order valence-electron chi connectivity index (χ0n) is 19.7. The van der Waals surface area contributed by atoms with Gasteiger partial charge in [-0.05, 0) is 41.3 Å². The fourth-order valence-corrected chi connectivity index (χ4v) is 4.56. The third-order valence-corrected chi connectivity index (χ3v) is 6.34. The summed E-state index contributed by atoms with van der Waals surface area (Å²) < 4.78 is 30.7. The fraction of sp³-hybridized carbons (Fsp3) is 0.207. The molecule has 0 atom stereocenters. The second-order valence-corrected chi connectivity index (χ2v) is 8.55. The number of Topliss-reactive ketones (excluding diaryl/α,β-unsaturated/α-hetero) is 1. The van der Waals surface area contributed by atoms with E-state index in [4.69, 9.17) is 14.2 Å². The Kier molecular flexibility index (Phi) is 6.38. The van der Waals surface area contributed by atoms with E-state index in [-0.39, 0.29) is 17.4 Å². The van der Waals surface area contributed by atoms with Crippen molar-refractivity contribution in [3.05, 3.63) is 101 Å². The molecule has 2 aliphatic rings. The number of fused-ring (bicyclic) bond motifs is 1. The molecule has 2 aliphatic heterocycles. The van der Waals surface area contributed by atoms with Gasteiger partial charge >= 0.3 is 0 Å². The minimum Gasteiger partial charge on any atom is -0.496 e. The average molecular weight is 472 g/mol. The molecule has 0 radical (unpaired) electrons.